The summed E-state index contributed by atoms with van der Waals surface area (Å²) in [4.78, 5) is 18.1. The van der Waals surface area contributed by atoms with E-state index in [9.17, 15) is 4.79 Å². The molecule has 19 heavy (non-hydrogen) atoms. The number of hydrogen-bond donors (Lipinski definition) is 2. The molecule has 6 heteroatoms. The van der Waals surface area contributed by atoms with Crippen LogP contribution in [0.4, 0.5) is 4.79 Å². The lowest BCUT2D eigenvalue weighted by Crippen LogP contribution is -2.55. The van der Waals surface area contributed by atoms with Gasteiger partial charge in [0, 0.05) is 29.3 Å². The first-order valence-corrected chi connectivity index (χ1v) is 7.28. The molecule has 1 aliphatic carbocycles. The number of hydrogen-bond acceptors (Lipinski definition) is 3. The number of nitrogens with zero attached hydrogens (tertiary/aromatic N) is 2. The number of fused-ring (bicyclic) bond motifs is 1. The lowest BCUT2D eigenvalue weighted by molar-refractivity contribution is 0.187. The Morgan fingerprint density at radius 1 is 1.63 bits per heavy atom. The standard InChI is InChI=1S/C13H17BrN4O/c14-10-1-2-11(16-5-10)6-17-12(19)18-7-9-3-4-13(9,15)8-18/h1-2,5,9H,3-4,6-8,15H2,(H,17,19)/t9-,13-/m0/s1. The highest BCUT2D eigenvalue weighted by Gasteiger charge is 2.51. The molecule has 0 radical (unpaired) electrons. The lowest BCUT2D eigenvalue weighted by atomic mass is 9.70. The lowest BCUT2D eigenvalue weighted by Gasteiger charge is -2.39. The molecule has 2 fully saturated rings. The van der Waals surface area contributed by atoms with Crippen LogP contribution < -0.4 is 11.1 Å². The highest BCUT2D eigenvalue weighted by atomic mass is 79.9. The third-order valence-corrected chi connectivity index (χ3v) is 4.66. The van der Waals surface area contributed by atoms with Crippen LogP contribution in [-0.2, 0) is 6.54 Å². The van der Waals surface area contributed by atoms with Crippen LogP contribution in [0.25, 0.3) is 0 Å². The number of aromatic nitrogens is 1. The Morgan fingerprint density at radius 3 is 3.00 bits per heavy atom. The van der Waals surface area contributed by atoms with Gasteiger partial charge in [0.05, 0.1) is 12.2 Å². The molecule has 5 nitrogen and oxygen atoms in total. The number of nitrogens with two attached hydrogens (primary N) is 1. The number of halogens is 1. The second-order valence-corrected chi connectivity index (χ2v) is 6.39. The SMILES string of the molecule is N[C@]12CC[C@H]1CN(C(=O)NCc1ccc(Br)cn1)C2. The third kappa shape index (κ3) is 2.47. The van der Waals surface area contributed by atoms with Gasteiger partial charge < -0.3 is 16.0 Å². The van der Waals surface area contributed by atoms with E-state index in [1.807, 2.05) is 17.0 Å². The van der Waals surface area contributed by atoms with Crippen molar-refractivity contribution in [3.8, 4) is 0 Å². The minimum Gasteiger partial charge on any atom is -0.332 e. The van der Waals surface area contributed by atoms with Crippen LogP contribution in [0.15, 0.2) is 22.8 Å². The molecule has 2 aliphatic rings. The number of likely N-dealkylation sites (tertiary alicyclic amines) is 1. The first kappa shape index (κ1) is 12.9. The first-order chi connectivity index (χ1) is 9.07. The Morgan fingerprint density at radius 2 is 2.47 bits per heavy atom. The van der Waals surface area contributed by atoms with Crippen molar-refractivity contribution in [1.29, 1.82) is 0 Å². The minimum absolute atomic E-state index is 0.0380. The minimum atomic E-state index is -0.118. The van der Waals surface area contributed by atoms with Gasteiger partial charge in [-0.3, -0.25) is 4.98 Å². The molecular formula is C13H17BrN4O. The van der Waals surface area contributed by atoms with Gasteiger partial charge in [-0.1, -0.05) is 0 Å². The fourth-order valence-corrected chi connectivity index (χ4v) is 3.06. The van der Waals surface area contributed by atoms with Gasteiger partial charge in [0.1, 0.15) is 0 Å². The second-order valence-electron chi connectivity index (χ2n) is 5.48. The van der Waals surface area contributed by atoms with E-state index in [1.54, 1.807) is 6.20 Å². The molecule has 0 unspecified atom stereocenters. The van der Waals surface area contributed by atoms with Gasteiger partial charge in [-0.05, 0) is 46.8 Å². The van der Waals surface area contributed by atoms with Gasteiger partial charge in [-0.15, -0.1) is 0 Å². The van der Waals surface area contributed by atoms with E-state index in [2.05, 4.69) is 26.2 Å². The van der Waals surface area contributed by atoms with Crippen molar-refractivity contribution in [3.05, 3.63) is 28.5 Å². The van der Waals surface area contributed by atoms with Gasteiger partial charge in [0.2, 0.25) is 0 Å². The molecule has 2 atom stereocenters. The Kier molecular flexibility index (Phi) is 3.22. The summed E-state index contributed by atoms with van der Waals surface area (Å²) >= 11 is 3.33. The molecule has 1 aromatic rings. The molecule has 2 heterocycles. The zero-order chi connectivity index (χ0) is 13.5. The predicted octanol–water partition coefficient (Wildman–Crippen LogP) is 1.48. The molecule has 3 rings (SSSR count). The van der Waals surface area contributed by atoms with Gasteiger partial charge in [0.15, 0.2) is 0 Å². The number of amides is 2. The molecule has 0 spiro atoms. The first-order valence-electron chi connectivity index (χ1n) is 6.49. The summed E-state index contributed by atoms with van der Waals surface area (Å²) in [5, 5.41) is 2.90. The molecule has 2 amide bonds. The van der Waals surface area contributed by atoms with Crippen LogP contribution in [0, 0.1) is 5.92 Å². The van der Waals surface area contributed by atoms with E-state index in [0.717, 1.165) is 29.6 Å². The van der Waals surface area contributed by atoms with Crippen molar-refractivity contribution >= 4 is 22.0 Å². The van der Waals surface area contributed by atoms with Crippen molar-refractivity contribution in [2.45, 2.75) is 24.9 Å². The highest BCUT2D eigenvalue weighted by molar-refractivity contribution is 9.10. The van der Waals surface area contributed by atoms with E-state index in [0.29, 0.717) is 19.0 Å². The maximum absolute atomic E-state index is 12.1. The summed E-state index contributed by atoms with van der Waals surface area (Å²) in [5.74, 6) is 0.490. The zero-order valence-electron chi connectivity index (χ0n) is 10.6. The summed E-state index contributed by atoms with van der Waals surface area (Å²) in [6.45, 7) is 1.91. The van der Waals surface area contributed by atoms with Crippen LogP contribution >= 0.6 is 15.9 Å². The third-order valence-electron chi connectivity index (χ3n) is 4.19. The Hall–Kier alpha value is -1.14. The molecular weight excluding hydrogens is 308 g/mol. The molecule has 1 aromatic heterocycles. The van der Waals surface area contributed by atoms with Crippen molar-refractivity contribution in [2.24, 2.45) is 11.7 Å². The fourth-order valence-electron chi connectivity index (χ4n) is 2.83. The van der Waals surface area contributed by atoms with Crippen LogP contribution in [0.3, 0.4) is 0 Å². The normalized spacial score (nSPS) is 28.7. The monoisotopic (exact) mass is 324 g/mol. The number of carbonyl (C=O) groups excluding carboxylic acids is 1. The predicted molar refractivity (Wildman–Crippen MR) is 75.4 cm³/mol. The van der Waals surface area contributed by atoms with Gasteiger partial charge in [-0.2, -0.15) is 0 Å². The topological polar surface area (TPSA) is 71.2 Å². The number of carbonyl (C=O) groups is 1. The van der Waals surface area contributed by atoms with Crippen molar-refractivity contribution in [3.63, 3.8) is 0 Å². The Balaban J connectivity index is 1.53. The van der Waals surface area contributed by atoms with Crippen LogP contribution in [0.5, 0.6) is 0 Å². The average molecular weight is 325 g/mol. The highest BCUT2D eigenvalue weighted by Crippen LogP contribution is 2.42. The molecule has 1 saturated heterocycles. The van der Waals surface area contributed by atoms with Gasteiger partial charge in [-0.25, -0.2) is 4.79 Å². The number of nitrogens with one attached hydrogen (secondary N) is 1. The van der Waals surface area contributed by atoms with Crippen molar-refractivity contribution in [2.75, 3.05) is 13.1 Å². The number of rotatable bonds is 2. The average Bonchev–Trinajstić information content (AvgIpc) is 2.62. The van der Waals surface area contributed by atoms with Gasteiger partial charge in [0.25, 0.3) is 0 Å². The fraction of sp³-hybridized carbons (Fsp3) is 0.538. The largest absolute Gasteiger partial charge is 0.332 e. The van der Waals surface area contributed by atoms with Crippen molar-refractivity contribution < 1.29 is 4.79 Å². The van der Waals surface area contributed by atoms with E-state index < -0.39 is 0 Å². The summed E-state index contributed by atoms with van der Waals surface area (Å²) < 4.78 is 0.934. The van der Waals surface area contributed by atoms with Crippen LogP contribution in [0.1, 0.15) is 18.5 Å². The molecule has 1 aliphatic heterocycles. The molecule has 3 N–H and O–H groups in total. The van der Waals surface area contributed by atoms with E-state index in [-0.39, 0.29) is 11.6 Å². The van der Waals surface area contributed by atoms with E-state index >= 15 is 0 Å². The smallest absolute Gasteiger partial charge is 0.317 e. The summed E-state index contributed by atoms with van der Waals surface area (Å²) in [5.41, 5.74) is 6.95. The Labute approximate surface area is 120 Å². The van der Waals surface area contributed by atoms with Crippen molar-refractivity contribution in [1.82, 2.24) is 15.2 Å². The maximum Gasteiger partial charge on any atom is 0.317 e. The van der Waals surface area contributed by atoms with E-state index in [4.69, 9.17) is 5.73 Å². The number of urea groups is 1. The molecule has 102 valence electrons. The summed E-state index contributed by atoms with van der Waals surface area (Å²) in [6, 6.07) is 3.77. The summed E-state index contributed by atoms with van der Waals surface area (Å²) in [7, 11) is 0. The summed E-state index contributed by atoms with van der Waals surface area (Å²) in [6.07, 6.45) is 3.91. The second kappa shape index (κ2) is 4.76. The molecule has 0 aromatic carbocycles. The molecule has 0 bridgehead atoms. The zero-order valence-corrected chi connectivity index (χ0v) is 12.2. The quantitative estimate of drug-likeness (QED) is 0.865. The maximum atomic E-state index is 12.1. The van der Waals surface area contributed by atoms with E-state index in [1.165, 1.54) is 0 Å². The van der Waals surface area contributed by atoms with Crippen LogP contribution in [-0.4, -0.2) is 34.5 Å². The van der Waals surface area contributed by atoms with Crippen LogP contribution in [0.2, 0.25) is 0 Å². The number of pyridine rings is 1. The molecule has 1 saturated carbocycles. The Bertz CT molecular complexity index is 492. The van der Waals surface area contributed by atoms with Gasteiger partial charge >= 0.3 is 6.03 Å².